The fraction of sp³-hybridized carbons (Fsp3) is 0.889. The van der Waals surface area contributed by atoms with Crippen molar-refractivity contribution in [2.24, 2.45) is 5.92 Å². The summed E-state index contributed by atoms with van der Waals surface area (Å²) in [5, 5.41) is 0. The highest BCUT2D eigenvalue weighted by Gasteiger charge is 2.75. The quantitative estimate of drug-likeness (QED) is 0.693. The minimum atomic E-state index is -6.45. The molecule has 1 nitrogen and oxygen atoms in total. The lowest BCUT2D eigenvalue weighted by molar-refractivity contribution is -0.343. The van der Waals surface area contributed by atoms with Crippen molar-refractivity contribution < 1.29 is 35.5 Å². The predicted molar refractivity (Wildman–Crippen MR) is 45.0 cm³/mol. The summed E-state index contributed by atoms with van der Waals surface area (Å²) < 4.78 is 85.3. The summed E-state index contributed by atoms with van der Waals surface area (Å²) in [7, 11) is 0. The van der Waals surface area contributed by atoms with E-state index >= 15 is 0 Å². The van der Waals surface area contributed by atoms with Crippen molar-refractivity contribution in [2.45, 2.75) is 44.7 Å². The van der Waals surface area contributed by atoms with Crippen molar-refractivity contribution in [2.75, 3.05) is 0 Å². The predicted octanol–water partition coefficient (Wildman–Crippen LogP) is 3.82. The summed E-state index contributed by atoms with van der Waals surface area (Å²) in [4.78, 5) is 10.7. The van der Waals surface area contributed by atoms with Crippen LogP contribution in [0.1, 0.15) is 26.7 Å². The lowest BCUT2D eigenvalue weighted by Gasteiger charge is -2.27. The number of hydrogen-bond acceptors (Lipinski definition) is 1. The minimum Gasteiger partial charge on any atom is -0.293 e. The maximum Gasteiger partial charge on any atom is 0.460 e. The Morgan fingerprint density at radius 3 is 1.71 bits per heavy atom. The molecule has 0 atom stereocenters. The second kappa shape index (κ2) is 4.81. The van der Waals surface area contributed by atoms with Crippen LogP contribution >= 0.6 is 0 Å². The van der Waals surface area contributed by atoms with Crippen LogP contribution in [0.5, 0.6) is 0 Å². The second-order valence-corrected chi connectivity index (χ2v) is 4.00. The number of ketones is 1. The first-order valence-electron chi connectivity index (χ1n) is 4.69. The normalized spacial score (nSPS) is 14.2. The minimum absolute atomic E-state index is 0.178. The standard InChI is InChI=1S/C9H11F7O/c1-5(2)3-4-6(17)7(10,11)8(12,13)9(14,15)16/h5H,3-4H2,1-2H3. The number of halogens is 7. The molecule has 0 aliphatic carbocycles. The maximum atomic E-state index is 12.7. The van der Waals surface area contributed by atoms with E-state index in [4.69, 9.17) is 0 Å². The molecule has 0 saturated carbocycles. The molecule has 0 radical (unpaired) electrons. The summed E-state index contributed by atoms with van der Waals surface area (Å²) in [5.74, 6) is -14.7. The molecule has 17 heavy (non-hydrogen) atoms. The van der Waals surface area contributed by atoms with Crippen molar-refractivity contribution in [3.63, 3.8) is 0 Å². The van der Waals surface area contributed by atoms with E-state index in [1.165, 1.54) is 13.8 Å². The lowest BCUT2D eigenvalue weighted by Crippen LogP contribution is -2.56. The summed E-state index contributed by atoms with van der Waals surface area (Å²) in [5.41, 5.74) is 0. The molecule has 8 heteroatoms. The van der Waals surface area contributed by atoms with Crippen LogP contribution in [0.25, 0.3) is 0 Å². The van der Waals surface area contributed by atoms with Crippen LogP contribution in [0.2, 0.25) is 0 Å². The van der Waals surface area contributed by atoms with Gasteiger partial charge in [0.25, 0.3) is 0 Å². The van der Waals surface area contributed by atoms with Crippen LogP contribution in [0.4, 0.5) is 30.7 Å². The van der Waals surface area contributed by atoms with Gasteiger partial charge in [-0.05, 0) is 12.3 Å². The molecule has 0 fully saturated rings. The summed E-state index contributed by atoms with van der Waals surface area (Å²) in [6.07, 6.45) is -7.65. The lowest BCUT2D eigenvalue weighted by atomic mass is 9.99. The van der Waals surface area contributed by atoms with Gasteiger partial charge in [-0.1, -0.05) is 13.8 Å². The molecular weight excluding hydrogens is 257 g/mol. The Morgan fingerprint density at radius 2 is 1.41 bits per heavy atom. The van der Waals surface area contributed by atoms with Crippen LogP contribution in [-0.2, 0) is 4.79 Å². The first-order chi connectivity index (χ1) is 7.34. The van der Waals surface area contributed by atoms with Crippen molar-refractivity contribution >= 4 is 5.78 Å². The molecule has 0 bridgehead atoms. The van der Waals surface area contributed by atoms with E-state index in [1.807, 2.05) is 0 Å². The largest absolute Gasteiger partial charge is 0.460 e. The van der Waals surface area contributed by atoms with Crippen molar-refractivity contribution in [3.8, 4) is 0 Å². The van der Waals surface area contributed by atoms with E-state index < -0.39 is 30.2 Å². The van der Waals surface area contributed by atoms with Crippen LogP contribution in [0.3, 0.4) is 0 Å². The smallest absolute Gasteiger partial charge is 0.293 e. The van der Waals surface area contributed by atoms with Crippen molar-refractivity contribution in [1.82, 2.24) is 0 Å². The summed E-state index contributed by atoms with van der Waals surface area (Å²) in [6.45, 7) is 3.04. The number of carbonyl (C=O) groups is 1. The molecule has 0 unspecified atom stereocenters. The van der Waals surface area contributed by atoms with Crippen LogP contribution in [0.15, 0.2) is 0 Å². The highest BCUT2D eigenvalue weighted by atomic mass is 19.4. The van der Waals surface area contributed by atoms with Crippen LogP contribution in [0, 0.1) is 5.92 Å². The molecule has 0 heterocycles. The number of rotatable bonds is 5. The third kappa shape index (κ3) is 3.32. The third-order valence-corrected chi connectivity index (χ3v) is 2.05. The van der Waals surface area contributed by atoms with Gasteiger partial charge in [-0.2, -0.15) is 30.7 Å². The zero-order valence-electron chi connectivity index (χ0n) is 9.05. The highest BCUT2D eigenvalue weighted by molar-refractivity contribution is 5.86. The molecular formula is C9H11F7O. The van der Waals surface area contributed by atoms with Gasteiger partial charge in [-0.3, -0.25) is 4.79 Å². The number of alkyl halides is 7. The zero-order chi connectivity index (χ0) is 14.1. The highest BCUT2D eigenvalue weighted by Crippen LogP contribution is 2.47. The van der Waals surface area contributed by atoms with E-state index in [2.05, 4.69) is 0 Å². The van der Waals surface area contributed by atoms with Crippen LogP contribution < -0.4 is 0 Å². The average Bonchev–Trinajstić information content (AvgIpc) is 2.11. The first-order valence-corrected chi connectivity index (χ1v) is 4.69. The molecule has 0 N–H and O–H groups in total. The van der Waals surface area contributed by atoms with Crippen LogP contribution in [-0.4, -0.2) is 23.8 Å². The van der Waals surface area contributed by atoms with Gasteiger partial charge in [0, 0.05) is 6.42 Å². The monoisotopic (exact) mass is 268 g/mol. The molecule has 0 amide bonds. The molecule has 0 saturated heterocycles. The second-order valence-electron chi connectivity index (χ2n) is 4.00. The maximum absolute atomic E-state index is 12.7. The first kappa shape index (κ1) is 16.2. The van der Waals surface area contributed by atoms with Gasteiger partial charge >= 0.3 is 18.0 Å². The third-order valence-electron chi connectivity index (χ3n) is 2.05. The van der Waals surface area contributed by atoms with E-state index in [9.17, 15) is 35.5 Å². The topological polar surface area (TPSA) is 17.1 Å². The zero-order valence-corrected chi connectivity index (χ0v) is 9.05. The molecule has 0 aliphatic heterocycles. The van der Waals surface area contributed by atoms with Crippen molar-refractivity contribution in [1.29, 1.82) is 0 Å². The van der Waals surface area contributed by atoms with Gasteiger partial charge in [0.1, 0.15) is 0 Å². The van der Waals surface area contributed by atoms with Crippen molar-refractivity contribution in [3.05, 3.63) is 0 Å². The Hall–Kier alpha value is -0.820. The van der Waals surface area contributed by atoms with E-state index in [1.54, 1.807) is 0 Å². The van der Waals surface area contributed by atoms with Gasteiger partial charge in [0.15, 0.2) is 0 Å². The fourth-order valence-electron chi connectivity index (χ4n) is 0.930. The molecule has 0 spiro atoms. The van der Waals surface area contributed by atoms with E-state index in [0.717, 1.165) is 0 Å². The van der Waals surface area contributed by atoms with Gasteiger partial charge in [-0.25, -0.2) is 0 Å². The van der Waals surface area contributed by atoms with Gasteiger partial charge in [0.05, 0.1) is 0 Å². The van der Waals surface area contributed by atoms with Gasteiger partial charge < -0.3 is 0 Å². The molecule has 0 rings (SSSR count). The number of carbonyl (C=O) groups excluding carboxylic acids is 1. The van der Waals surface area contributed by atoms with E-state index in [0.29, 0.717) is 0 Å². The Labute approximate surface area is 93.0 Å². The van der Waals surface area contributed by atoms with E-state index in [-0.39, 0.29) is 12.3 Å². The molecule has 0 aromatic rings. The Kier molecular flexibility index (Phi) is 4.58. The molecule has 0 aliphatic rings. The SMILES string of the molecule is CC(C)CCC(=O)C(F)(F)C(F)(F)C(F)(F)F. The Balaban J connectivity index is 4.94. The molecule has 0 aromatic carbocycles. The van der Waals surface area contributed by atoms with Gasteiger partial charge in [0.2, 0.25) is 5.78 Å². The summed E-state index contributed by atoms with van der Waals surface area (Å²) in [6, 6.07) is 0. The summed E-state index contributed by atoms with van der Waals surface area (Å²) >= 11 is 0. The number of hydrogen-bond donors (Lipinski definition) is 0. The fourth-order valence-corrected chi connectivity index (χ4v) is 0.930. The molecule has 102 valence electrons. The Morgan fingerprint density at radius 1 is 1.00 bits per heavy atom. The Bertz CT molecular complexity index is 280. The number of Topliss-reactive ketones (excluding diaryl/α,β-unsaturated/α-hetero) is 1. The van der Waals surface area contributed by atoms with Gasteiger partial charge in [-0.15, -0.1) is 0 Å². The average molecular weight is 268 g/mol. The molecule has 0 aromatic heterocycles.